The third-order valence-electron chi connectivity index (χ3n) is 4.64. The van der Waals surface area contributed by atoms with Crippen LogP contribution in [0.15, 0.2) is 66.7 Å². The van der Waals surface area contributed by atoms with Crippen LogP contribution < -0.4 is 4.90 Å². The molecule has 0 aliphatic rings. The summed E-state index contributed by atoms with van der Waals surface area (Å²) < 4.78 is 55.0. The maximum absolute atomic E-state index is 13.8. The molecule has 0 fully saturated rings. The van der Waals surface area contributed by atoms with Crippen LogP contribution in [-0.4, -0.2) is 27.9 Å². The maximum atomic E-state index is 13.8. The highest BCUT2D eigenvalue weighted by Gasteiger charge is 2.42. The fourth-order valence-corrected chi connectivity index (χ4v) is 3.10. The molecule has 0 saturated heterocycles. The molecule has 0 unspecified atom stereocenters. The normalized spacial score (nSPS) is 11.6. The number of hydrogen-bond donors (Lipinski definition) is 0. The van der Waals surface area contributed by atoms with Gasteiger partial charge in [-0.15, -0.1) is 5.10 Å². The van der Waals surface area contributed by atoms with Gasteiger partial charge in [-0.25, -0.2) is 9.07 Å². The van der Waals surface area contributed by atoms with Gasteiger partial charge in [-0.1, -0.05) is 35.5 Å². The van der Waals surface area contributed by atoms with Crippen molar-refractivity contribution in [1.29, 1.82) is 0 Å². The number of fused-ring (bicyclic) bond motifs is 1. The summed E-state index contributed by atoms with van der Waals surface area (Å²) in [7, 11) is 1.36. The zero-order valence-electron chi connectivity index (χ0n) is 15.6. The minimum Gasteiger partial charge on any atom is -0.310 e. The Morgan fingerprint density at radius 2 is 1.63 bits per heavy atom. The van der Waals surface area contributed by atoms with Crippen molar-refractivity contribution < 1.29 is 22.4 Å². The number of benzene rings is 3. The van der Waals surface area contributed by atoms with E-state index in [0.717, 1.165) is 39.9 Å². The Labute approximate surface area is 168 Å². The molecular formula is C21H14F4N4O. The van der Waals surface area contributed by atoms with E-state index >= 15 is 0 Å². The highest BCUT2D eigenvalue weighted by molar-refractivity contribution is 6.06. The summed E-state index contributed by atoms with van der Waals surface area (Å²) in [5.74, 6) is -1.58. The van der Waals surface area contributed by atoms with Crippen molar-refractivity contribution in [1.82, 2.24) is 15.0 Å². The van der Waals surface area contributed by atoms with Crippen LogP contribution in [0.4, 0.5) is 23.2 Å². The van der Waals surface area contributed by atoms with E-state index in [0.29, 0.717) is 10.4 Å². The Balaban J connectivity index is 1.77. The number of rotatable bonds is 3. The SMILES string of the molecule is CN(C(=O)c1nnn(-c2ccc(F)cc2)c1C(F)(F)F)c1ccc2ccccc2c1. The molecule has 30 heavy (non-hydrogen) atoms. The lowest BCUT2D eigenvalue weighted by Crippen LogP contribution is -2.29. The molecule has 5 nitrogen and oxygen atoms in total. The van der Waals surface area contributed by atoms with E-state index in [1.807, 2.05) is 24.3 Å². The van der Waals surface area contributed by atoms with Crippen LogP contribution in [0, 0.1) is 5.82 Å². The molecule has 0 radical (unpaired) electrons. The van der Waals surface area contributed by atoms with E-state index in [9.17, 15) is 22.4 Å². The number of carbonyl (C=O) groups is 1. The second kappa shape index (κ2) is 7.25. The molecule has 1 aromatic heterocycles. The van der Waals surface area contributed by atoms with E-state index in [2.05, 4.69) is 10.3 Å². The van der Waals surface area contributed by atoms with Gasteiger partial charge < -0.3 is 4.90 Å². The summed E-state index contributed by atoms with van der Waals surface area (Å²) in [4.78, 5) is 14.0. The van der Waals surface area contributed by atoms with Crippen LogP contribution in [0.5, 0.6) is 0 Å². The quantitative estimate of drug-likeness (QED) is 0.450. The number of amides is 1. The van der Waals surface area contributed by atoms with Gasteiger partial charge in [0.2, 0.25) is 0 Å². The fourth-order valence-electron chi connectivity index (χ4n) is 3.10. The molecule has 0 spiro atoms. The van der Waals surface area contributed by atoms with Gasteiger partial charge in [-0.2, -0.15) is 13.2 Å². The molecule has 0 N–H and O–H groups in total. The van der Waals surface area contributed by atoms with Crippen LogP contribution in [0.2, 0.25) is 0 Å². The summed E-state index contributed by atoms with van der Waals surface area (Å²) in [6.45, 7) is 0. The molecule has 152 valence electrons. The Kier molecular flexibility index (Phi) is 4.73. The number of nitrogens with zero attached hydrogens (tertiary/aromatic N) is 4. The van der Waals surface area contributed by atoms with E-state index in [1.54, 1.807) is 18.2 Å². The molecule has 1 amide bonds. The number of carbonyl (C=O) groups excluding carboxylic acids is 1. The molecule has 9 heteroatoms. The van der Waals surface area contributed by atoms with Crippen molar-refractivity contribution in [2.75, 3.05) is 11.9 Å². The third kappa shape index (κ3) is 3.49. The predicted molar refractivity (Wildman–Crippen MR) is 103 cm³/mol. The van der Waals surface area contributed by atoms with Gasteiger partial charge in [0.05, 0.1) is 5.69 Å². The summed E-state index contributed by atoms with van der Waals surface area (Å²) in [5, 5.41) is 8.77. The highest BCUT2D eigenvalue weighted by Crippen LogP contribution is 2.34. The first kappa shape index (κ1) is 19.6. The minimum absolute atomic E-state index is 0.0661. The molecule has 1 heterocycles. The minimum atomic E-state index is -4.91. The number of hydrogen-bond acceptors (Lipinski definition) is 3. The summed E-state index contributed by atoms with van der Waals surface area (Å²) in [6.07, 6.45) is -4.91. The lowest BCUT2D eigenvalue weighted by atomic mass is 10.1. The van der Waals surface area contributed by atoms with Gasteiger partial charge in [0.1, 0.15) is 5.82 Å². The molecule has 0 saturated carbocycles. The highest BCUT2D eigenvalue weighted by atomic mass is 19.4. The molecule has 4 rings (SSSR count). The average molecular weight is 414 g/mol. The monoisotopic (exact) mass is 414 g/mol. The van der Waals surface area contributed by atoms with Crippen molar-refractivity contribution in [3.8, 4) is 5.69 Å². The topological polar surface area (TPSA) is 51.0 Å². The van der Waals surface area contributed by atoms with Crippen LogP contribution in [-0.2, 0) is 6.18 Å². The van der Waals surface area contributed by atoms with Gasteiger partial charge >= 0.3 is 6.18 Å². The summed E-state index contributed by atoms with van der Waals surface area (Å²) >= 11 is 0. The molecule has 0 bridgehead atoms. The van der Waals surface area contributed by atoms with E-state index in [-0.39, 0.29) is 5.69 Å². The number of aromatic nitrogens is 3. The molecule has 0 aliphatic carbocycles. The summed E-state index contributed by atoms with van der Waals surface area (Å²) in [5.41, 5.74) is -1.83. The van der Waals surface area contributed by atoms with Gasteiger partial charge in [0.15, 0.2) is 11.4 Å². The molecular weight excluding hydrogens is 400 g/mol. The van der Waals surface area contributed by atoms with E-state index in [1.165, 1.54) is 7.05 Å². The Morgan fingerprint density at radius 1 is 0.967 bits per heavy atom. The summed E-state index contributed by atoms with van der Waals surface area (Å²) in [6, 6.07) is 16.8. The lowest BCUT2D eigenvalue weighted by molar-refractivity contribution is -0.143. The zero-order chi connectivity index (χ0) is 21.5. The molecule has 0 atom stereocenters. The molecule has 3 aromatic carbocycles. The van der Waals surface area contributed by atoms with Crippen LogP contribution in [0.25, 0.3) is 16.5 Å². The Hall–Kier alpha value is -3.75. The van der Waals surface area contributed by atoms with Crippen molar-refractivity contribution in [3.63, 3.8) is 0 Å². The van der Waals surface area contributed by atoms with Crippen molar-refractivity contribution in [2.24, 2.45) is 0 Å². The zero-order valence-corrected chi connectivity index (χ0v) is 15.6. The van der Waals surface area contributed by atoms with E-state index < -0.39 is 29.3 Å². The van der Waals surface area contributed by atoms with Crippen LogP contribution >= 0.6 is 0 Å². The largest absolute Gasteiger partial charge is 0.435 e. The van der Waals surface area contributed by atoms with Crippen LogP contribution in [0.1, 0.15) is 16.2 Å². The molecule has 4 aromatic rings. The average Bonchev–Trinajstić information content (AvgIpc) is 3.18. The Morgan fingerprint density at radius 3 is 2.30 bits per heavy atom. The second-order valence-corrected chi connectivity index (χ2v) is 6.57. The first-order valence-electron chi connectivity index (χ1n) is 8.81. The van der Waals surface area contributed by atoms with Crippen LogP contribution in [0.3, 0.4) is 0 Å². The Bertz CT molecular complexity index is 1230. The van der Waals surface area contributed by atoms with Crippen molar-refractivity contribution in [2.45, 2.75) is 6.18 Å². The lowest BCUT2D eigenvalue weighted by Gasteiger charge is -2.18. The van der Waals surface area contributed by atoms with Gasteiger partial charge in [-0.05, 0) is 47.2 Å². The van der Waals surface area contributed by atoms with Crippen molar-refractivity contribution in [3.05, 3.63) is 83.9 Å². The second-order valence-electron chi connectivity index (χ2n) is 6.57. The number of alkyl halides is 3. The maximum Gasteiger partial charge on any atom is 0.435 e. The number of anilines is 1. The standard InChI is InChI=1S/C21H14F4N4O/c1-28(17-9-6-13-4-2-3-5-14(13)12-17)20(30)18-19(21(23,24)25)29(27-26-18)16-10-7-15(22)8-11-16/h2-12H,1H3. The van der Waals surface area contributed by atoms with Crippen molar-refractivity contribution >= 4 is 22.4 Å². The molecule has 0 aliphatic heterocycles. The van der Waals surface area contributed by atoms with Gasteiger partial charge in [0.25, 0.3) is 5.91 Å². The third-order valence-corrected chi connectivity index (χ3v) is 4.64. The van der Waals surface area contributed by atoms with E-state index in [4.69, 9.17) is 0 Å². The van der Waals surface area contributed by atoms with Gasteiger partial charge in [-0.3, -0.25) is 4.79 Å². The number of halogens is 4. The first-order chi connectivity index (χ1) is 14.3. The first-order valence-corrected chi connectivity index (χ1v) is 8.81. The van der Waals surface area contributed by atoms with Gasteiger partial charge in [0, 0.05) is 12.7 Å². The smallest absolute Gasteiger partial charge is 0.310 e. The fraction of sp³-hybridized carbons (Fsp3) is 0.0952. The predicted octanol–water partition coefficient (Wildman–Crippen LogP) is 4.86.